The molecule has 0 aliphatic heterocycles. The maximum atomic E-state index is 9.70. The smallest absolute Gasteiger partial charge is 0.132 e. The van der Waals surface area contributed by atoms with Crippen LogP contribution in [0.25, 0.3) is 0 Å². The summed E-state index contributed by atoms with van der Waals surface area (Å²) in [6, 6.07) is 7.29. The molecule has 1 aromatic rings. The predicted molar refractivity (Wildman–Crippen MR) is 55.4 cm³/mol. The average molecular weight is 180 g/mol. The first kappa shape index (κ1) is 9.86. The summed E-state index contributed by atoms with van der Waals surface area (Å²) in [5.41, 5.74) is 6.28. The average Bonchev–Trinajstić information content (AvgIpc) is 2.09. The number of hydrogen-bond acceptors (Lipinski definition) is 3. The highest BCUT2D eigenvalue weighted by Gasteiger charge is 2.15. The molecule has 0 aliphatic rings. The third kappa shape index (κ3) is 2.95. The summed E-state index contributed by atoms with van der Waals surface area (Å²) in [4.78, 5) is 0. The highest BCUT2D eigenvalue weighted by atomic mass is 16.3. The van der Waals surface area contributed by atoms with Gasteiger partial charge in [0.1, 0.15) is 5.72 Å². The lowest BCUT2D eigenvalue weighted by molar-refractivity contribution is 0.0862. The van der Waals surface area contributed by atoms with Crippen LogP contribution >= 0.6 is 0 Å². The molecule has 0 aliphatic carbocycles. The van der Waals surface area contributed by atoms with Crippen LogP contribution in [0.4, 0.5) is 11.4 Å². The van der Waals surface area contributed by atoms with E-state index in [0.717, 1.165) is 11.4 Å². The summed E-state index contributed by atoms with van der Waals surface area (Å²) in [7, 11) is 0. The van der Waals surface area contributed by atoms with Crippen molar-refractivity contribution in [3.05, 3.63) is 24.3 Å². The molecule has 13 heavy (non-hydrogen) atoms. The van der Waals surface area contributed by atoms with Crippen molar-refractivity contribution in [1.82, 2.24) is 0 Å². The molecule has 4 N–H and O–H groups in total. The lowest BCUT2D eigenvalue weighted by Crippen LogP contribution is -2.33. The zero-order chi connectivity index (χ0) is 9.90. The van der Waals surface area contributed by atoms with Crippen LogP contribution in [0.5, 0.6) is 0 Å². The Kier molecular flexibility index (Phi) is 2.78. The van der Waals surface area contributed by atoms with E-state index in [1.54, 1.807) is 19.1 Å². The van der Waals surface area contributed by atoms with E-state index in [2.05, 4.69) is 5.32 Å². The number of benzene rings is 1. The molecule has 0 radical (unpaired) electrons. The highest BCUT2D eigenvalue weighted by molar-refractivity contribution is 5.51. The maximum absolute atomic E-state index is 9.70. The molecule has 1 rings (SSSR count). The Balaban J connectivity index is 2.69. The summed E-state index contributed by atoms with van der Waals surface area (Å²) >= 11 is 0. The minimum absolute atomic E-state index is 0.650. The fourth-order valence-corrected chi connectivity index (χ4v) is 0.966. The van der Waals surface area contributed by atoms with Crippen molar-refractivity contribution in [3.63, 3.8) is 0 Å². The minimum Gasteiger partial charge on any atom is -0.399 e. The van der Waals surface area contributed by atoms with Gasteiger partial charge in [0.15, 0.2) is 0 Å². The van der Waals surface area contributed by atoms with Gasteiger partial charge in [-0.2, -0.15) is 0 Å². The number of rotatable bonds is 3. The van der Waals surface area contributed by atoms with Crippen LogP contribution in [0.15, 0.2) is 24.3 Å². The van der Waals surface area contributed by atoms with E-state index < -0.39 is 5.72 Å². The first-order valence-corrected chi connectivity index (χ1v) is 4.39. The second kappa shape index (κ2) is 3.66. The largest absolute Gasteiger partial charge is 0.399 e. The van der Waals surface area contributed by atoms with Crippen molar-refractivity contribution in [3.8, 4) is 0 Å². The van der Waals surface area contributed by atoms with Crippen molar-refractivity contribution in [1.29, 1.82) is 0 Å². The second-order valence-corrected chi connectivity index (χ2v) is 3.37. The molecule has 1 aromatic carbocycles. The summed E-state index contributed by atoms with van der Waals surface area (Å²) in [5, 5.41) is 12.7. The van der Waals surface area contributed by atoms with E-state index in [1.807, 2.05) is 19.1 Å². The Morgan fingerprint density at radius 3 is 2.38 bits per heavy atom. The van der Waals surface area contributed by atoms with Crippen LogP contribution in [0.3, 0.4) is 0 Å². The van der Waals surface area contributed by atoms with Crippen molar-refractivity contribution in [2.24, 2.45) is 0 Å². The normalized spacial score (nSPS) is 15.0. The van der Waals surface area contributed by atoms with E-state index in [9.17, 15) is 5.11 Å². The fourth-order valence-electron chi connectivity index (χ4n) is 0.966. The summed E-state index contributed by atoms with van der Waals surface area (Å²) < 4.78 is 0. The van der Waals surface area contributed by atoms with Gasteiger partial charge in [-0.1, -0.05) is 6.92 Å². The number of anilines is 2. The first-order chi connectivity index (χ1) is 6.03. The molecule has 3 heteroatoms. The third-order valence-electron chi connectivity index (χ3n) is 2.01. The van der Waals surface area contributed by atoms with Gasteiger partial charge in [-0.25, -0.2) is 0 Å². The molecule has 3 nitrogen and oxygen atoms in total. The van der Waals surface area contributed by atoms with Crippen molar-refractivity contribution >= 4 is 11.4 Å². The van der Waals surface area contributed by atoms with Gasteiger partial charge in [-0.05, 0) is 37.6 Å². The molecule has 0 unspecified atom stereocenters. The van der Waals surface area contributed by atoms with Gasteiger partial charge in [0.2, 0.25) is 0 Å². The molecule has 0 fully saturated rings. The number of nitrogens with one attached hydrogen (secondary N) is 1. The molecule has 1 atom stereocenters. The SMILES string of the molecule is CC[C@@](C)(O)Nc1ccc(N)cc1. The summed E-state index contributed by atoms with van der Waals surface area (Å²) in [5.74, 6) is 0. The van der Waals surface area contributed by atoms with Crippen LogP contribution in [0.1, 0.15) is 20.3 Å². The molecule has 0 saturated carbocycles. The molecule has 72 valence electrons. The van der Waals surface area contributed by atoms with Crippen LogP contribution in [0.2, 0.25) is 0 Å². The number of nitrogens with two attached hydrogens (primary N) is 1. The van der Waals surface area contributed by atoms with Gasteiger partial charge in [0, 0.05) is 11.4 Å². The summed E-state index contributed by atoms with van der Waals surface area (Å²) in [6.45, 7) is 3.66. The zero-order valence-electron chi connectivity index (χ0n) is 8.04. The molecule has 0 spiro atoms. The van der Waals surface area contributed by atoms with E-state index >= 15 is 0 Å². The predicted octanol–water partition coefficient (Wildman–Crippen LogP) is 1.80. The van der Waals surface area contributed by atoms with Crippen molar-refractivity contribution in [2.45, 2.75) is 26.0 Å². The van der Waals surface area contributed by atoms with Gasteiger partial charge in [0.25, 0.3) is 0 Å². The van der Waals surface area contributed by atoms with Gasteiger partial charge >= 0.3 is 0 Å². The van der Waals surface area contributed by atoms with Gasteiger partial charge < -0.3 is 16.2 Å². The van der Waals surface area contributed by atoms with Crippen molar-refractivity contribution in [2.75, 3.05) is 11.1 Å². The van der Waals surface area contributed by atoms with Crippen LogP contribution < -0.4 is 11.1 Å². The first-order valence-electron chi connectivity index (χ1n) is 4.39. The lowest BCUT2D eigenvalue weighted by atomic mass is 10.2. The summed E-state index contributed by atoms with van der Waals surface area (Å²) in [6.07, 6.45) is 0.650. The quantitative estimate of drug-likeness (QED) is 0.491. The Morgan fingerprint density at radius 1 is 1.38 bits per heavy atom. The van der Waals surface area contributed by atoms with Gasteiger partial charge in [0.05, 0.1) is 0 Å². The number of nitrogen functional groups attached to an aromatic ring is 1. The van der Waals surface area contributed by atoms with E-state index in [-0.39, 0.29) is 0 Å². The number of aliphatic hydroxyl groups is 1. The molecule has 0 heterocycles. The van der Waals surface area contributed by atoms with E-state index in [0.29, 0.717) is 6.42 Å². The van der Waals surface area contributed by atoms with Gasteiger partial charge in [-0.15, -0.1) is 0 Å². The lowest BCUT2D eigenvalue weighted by Gasteiger charge is -2.24. The van der Waals surface area contributed by atoms with Crippen LogP contribution in [0, 0.1) is 0 Å². The molecule has 0 saturated heterocycles. The van der Waals surface area contributed by atoms with E-state index in [1.165, 1.54) is 0 Å². The molecule has 0 amide bonds. The molecular formula is C10H16N2O. The van der Waals surface area contributed by atoms with Crippen LogP contribution in [-0.4, -0.2) is 10.8 Å². The van der Waals surface area contributed by atoms with Crippen molar-refractivity contribution < 1.29 is 5.11 Å². The van der Waals surface area contributed by atoms with Crippen LogP contribution in [-0.2, 0) is 0 Å². The Hall–Kier alpha value is -1.22. The monoisotopic (exact) mass is 180 g/mol. The number of hydrogen-bond donors (Lipinski definition) is 3. The third-order valence-corrected chi connectivity index (χ3v) is 2.01. The Labute approximate surface area is 78.6 Å². The standard InChI is InChI=1S/C10H16N2O/c1-3-10(2,13)12-9-6-4-8(11)5-7-9/h4-7,12-13H,3,11H2,1-2H3/t10-/m1/s1. The van der Waals surface area contributed by atoms with E-state index in [4.69, 9.17) is 5.73 Å². The zero-order valence-corrected chi connectivity index (χ0v) is 8.04. The highest BCUT2D eigenvalue weighted by Crippen LogP contribution is 2.16. The maximum Gasteiger partial charge on any atom is 0.132 e. The fraction of sp³-hybridized carbons (Fsp3) is 0.400. The Bertz CT molecular complexity index is 267. The Morgan fingerprint density at radius 2 is 1.92 bits per heavy atom. The topological polar surface area (TPSA) is 58.3 Å². The molecule has 0 bridgehead atoms. The minimum atomic E-state index is -0.851. The van der Waals surface area contributed by atoms with Gasteiger partial charge in [-0.3, -0.25) is 0 Å². The molecule has 0 aromatic heterocycles. The second-order valence-electron chi connectivity index (χ2n) is 3.37. The molecular weight excluding hydrogens is 164 g/mol.